The van der Waals surface area contributed by atoms with Crippen LogP contribution in [0.5, 0.6) is 0 Å². The highest BCUT2D eigenvalue weighted by Gasteiger charge is 2.19. The summed E-state index contributed by atoms with van der Waals surface area (Å²) in [6.07, 6.45) is 8.67. The highest BCUT2D eigenvalue weighted by atomic mass is 19.1. The number of halogens is 1. The smallest absolute Gasteiger partial charge is 0.308 e. The number of hydrogen-bond acceptors (Lipinski definition) is 3. The fourth-order valence-corrected chi connectivity index (χ4v) is 3.58. The first kappa shape index (κ1) is 15.8. The van der Waals surface area contributed by atoms with Crippen molar-refractivity contribution in [3.05, 3.63) is 68.9 Å². The minimum Gasteiger partial charge on any atom is -0.308 e. The summed E-state index contributed by atoms with van der Waals surface area (Å²) >= 11 is 0. The van der Waals surface area contributed by atoms with Crippen molar-refractivity contribution in [2.75, 3.05) is 0 Å². The van der Waals surface area contributed by atoms with Gasteiger partial charge in [0.1, 0.15) is 5.82 Å². The second-order valence-corrected chi connectivity index (χ2v) is 6.57. The molecule has 1 aromatic carbocycles. The molecule has 2 heterocycles. The zero-order valence-corrected chi connectivity index (χ0v) is 13.8. The molecule has 25 heavy (non-hydrogen) atoms. The van der Waals surface area contributed by atoms with Gasteiger partial charge in [-0.1, -0.05) is 31.4 Å². The molecule has 4 rings (SSSR count). The molecule has 0 radical (unpaired) electrons. The van der Waals surface area contributed by atoms with Crippen LogP contribution >= 0.6 is 0 Å². The second-order valence-electron chi connectivity index (χ2n) is 6.57. The van der Waals surface area contributed by atoms with Crippen LogP contribution in [0.25, 0.3) is 5.65 Å². The van der Waals surface area contributed by atoms with Crippen molar-refractivity contribution in [1.29, 1.82) is 0 Å². The van der Waals surface area contributed by atoms with Gasteiger partial charge in [-0.2, -0.15) is 0 Å². The fraction of sp³-hybridized carbons (Fsp3) is 0.389. The van der Waals surface area contributed by atoms with Crippen LogP contribution in [0.2, 0.25) is 0 Å². The summed E-state index contributed by atoms with van der Waals surface area (Å²) in [6, 6.07) is 6.19. The van der Waals surface area contributed by atoms with E-state index in [0.29, 0.717) is 5.56 Å². The van der Waals surface area contributed by atoms with E-state index in [1.165, 1.54) is 27.6 Å². The van der Waals surface area contributed by atoms with Gasteiger partial charge in [0.2, 0.25) is 5.65 Å². The Kier molecular flexibility index (Phi) is 3.99. The Morgan fingerprint density at radius 1 is 1.12 bits per heavy atom. The lowest BCUT2D eigenvalue weighted by molar-refractivity contribution is 0.346. The van der Waals surface area contributed by atoms with Crippen molar-refractivity contribution in [3.8, 4) is 0 Å². The van der Waals surface area contributed by atoms with Crippen LogP contribution in [0, 0.1) is 5.82 Å². The molecule has 130 valence electrons. The molecule has 7 heteroatoms. The largest absolute Gasteiger partial charge is 0.350 e. The van der Waals surface area contributed by atoms with E-state index >= 15 is 0 Å². The van der Waals surface area contributed by atoms with Crippen LogP contribution < -0.4 is 11.2 Å². The average Bonchev–Trinajstić information content (AvgIpc) is 2.93. The third kappa shape index (κ3) is 2.90. The average molecular weight is 342 g/mol. The van der Waals surface area contributed by atoms with Gasteiger partial charge in [0.15, 0.2) is 0 Å². The van der Waals surface area contributed by atoms with Gasteiger partial charge in [-0.3, -0.25) is 4.79 Å². The highest BCUT2D eigenvalue weighted by Crippen LogP contribution is 2.26. The summed E-state index contributed by atoms with van der Waals surface area (Å²) in [5.41, 5.74) is 0.101. The molecule has 0 unspecified atom stereocenters. The van der Waals surface area contributed by atoms with Gasteiger partial charge in [0.05, 0.1) is 6.54 Å². The molecular formula is C18H19FN4O2. The first-order valence-electron chi connectivity index (χ1n) is 8.58. The predicted octanol–water partition coefficient (Wildman–Crippen LogP) is 2.35. The fourth-order valence-electron chi connectivity index (χ4n) is 3.58. The summed E-state index contributed by atoms with van der Waals surface area (Å²) in [5.74, 6) is -0.367. The van der Waals surface area contributed by atoms with E-state index in [0.717, 1.165) is 25.7 Å². The maximum absolute atomic E-state index is 13.3. The predicted molar refractivity (Wildman–Crippen MR) is 91.3 cm³/mol. The summed E-state index contributed by atoms with van der Waals surface area (Å²) < 4.78 is 17.5. The molecule has 0 atom stereocenters. The third-order valence-corrected chi connectivity index (χ3v) is 4.86. The van der Waals surface area contributed by atoms with Gasteiger partial charge in [-0.15, -0.1) is 5.10 Å². The summed E-state index contributed by atoms with van der Waals surface area (Å²) in [4.78, 5) is 25.2. The Hall–Kier alpha value is -2.70. The Bertz CT molecular complexity index is 1030. The lowest BCUT2D eigenvalue weighted by atomic mass is 9.95. The van der Waals surface area contributed by atoms with Gasteiger partial charge in [0.25, 0.3) is 5.56 Å². The maximum atomic E-state index is 13.3. The highest BCUT2D eigenvalue weighted by molar-refractivity contribution is 5.33. The molecule has 0 bridgehead atoms. The molecule has 0 aliphatic heterocycles. The maximum Gasteiger partial charge on any atom is 0.350 e. The molecule has 3 aromatic rings. The Morgan fingerprint density at radius 3 is 2.68 bits per heavy atom. The molecule has 2 aromatic heterocycles. The van der Waals surface area contributed by atoms with Crippen molar-refractivity contribution in [2.45, 2.75) is 44.7 Å². The zero-order chi connectivity index (χ0) is 17.4. The number of benzene rings is 1. The molecule has 1 fully saturated rings. The van der Waals surface area contributed by atoms with E-state index in [2.05, 4.69) is 5.10 Å². The van der Waals surface area contributed by atoms with E-state index in [1.807, 2.05) is 0 Å². The monoisotopic (exact) mass is 342 g/mol. The second kappa shape index (κ2) is 6.31. The molecule has 1 saturated carbocycles. The van der Waals surface area contributed by atoms with Crippen molar-refractivity contribution in [3.63, 3.8) is 0 Å². The number of rotatable bonds is 3. The standard InChI is InChI=1S/C18H19FN4O2/c19-14-6-4-5-13(11-14)12-23-18(25)22-10-9-21(17(24)16(22)20-23)15-7-2-1-3-8-15/h4-6,9-11,15H,1-3,7-8,12H2. The van der Waals surface area contributed by atoms with Crippen LogP contribution in [-0.4, -0.2) is 18.7 Å². The van der Waals surface area contributed by atoms with Crippen LogP contribution in [0.1, 0.15) is 43.7 Å². The van der Waals surface area contributed by atoms with Crippen LogP contribution in [0.3, 0.4) is 0 Å². The van der Waals surface area contributed by atoms with Crippen LogP contribution in [0.15, 0.2) is 46.2 Å². The van der Waals surface area contributed by atoms with Crippen molar-refractivity contribution in [1.82, 2.24) is 18.7 Å². The molecule has 6 nitrogen and oxygen atoms in total. The summed E-state index contributed by atoms with van der Waals surface area (Å²) in [7, 11) is 0. The normalized spacial score (nSPS) is 15.7. The minimum absolute atomic E-state index is 0.120. The number of fused-ring (bicyclic) bond motifs is 1. The molecule has 0 N–H and O–H groups in total. The summed E-state index contributed by atoms with van der Waals surface area (Å²) in [6.45, 7) is 0.126. The summed E-state index contributed by atoms with van der Waals surface area (Å²) in [5, 5.41) is 4.20. The first-order valence-corrected chi connectivity index (χ1v) is 8.58. The molecule has 0 saturated heterocycles. The van der Waals surface area contributed by atoms with Gasteiger partial charge < -0.3 is 4.57 Å². The van der Waals surface area contributed by atoms with E-state index < -0.39 is 5.69 Å². The minimum atomic E-state index is -0.396. The number of nitrogens with zero attached hydrogens (tertiary/aromatic N) is 4. The number of aromatic nitrogens is 4. The van der Waals surface area contributed by atoms with Crippen molar-refractivity contribution >= 4 is 5.65 Å². The van der Waals surface area contributed by atoms with Crippen molar-refractivity contribution < 1.29 is 4.39 Å². The van der Waals surface area contributed by atoms with Gasteiger partial charge in [0, 0.05) is 18.4 Å². The van der Waals surface area contributed by atoms with Gasteiger partial charge in [-0.05, 0) is 30.5 Å². The SMILES string of the molecule is O=c1c2nn(Cc3cccc(F)c3)c(=O)n2ccn1C1CCCCC1. The lowest BCUT2D eigenvalue weighted by Crippen LogP contribution is -2.28. The molecule has 1 aliphatic rings. The first-order chi connectivity index (χ1) is 12.1. The molecule has 0 amide bonds. The van der Waals surface area contributed by atoms with Crippen LogP contribution in [0.4, 0.5) is 4.39 Å². The molecule has 0 spiro atoms. The molecule has 1 aliphatic carbocycles. The van der Waals surface area contributed by atoms with E-state index in [1.54, 1.807) is 29.1 Å². The van der Waals surface area contributed by atoms with Crippen molar-refractivity contribution in [2.24, 2.45) is 0 Å². The lowest BCUT2D eigenvalue weighted by Gasteiger charge is -2.23. The zero-order valence-electron chi connectivity index (χ0n) is 13.8. The third-order valence-electron chi connectivity index (χ3n) is 4.86. The Morgan fingerprint density at radius 2 is 1.92 bits per heavy atom. The molecular weight excluding hydrogens is 323 g/mol. The van der Waals surface area contributed by atoms with Crippen LogP contribution in [-0.2, 0) is 6.54 Å². The quantitative estimate of drug-likeness (QED) is 0.734. The van der Waals surface area contributed by atoms with E-state index in [4.69, 9.17) is 0 Å². The van der Waals surface area contributed by atoms with Gasteiger partial charge >= 0.3 is 5.69 Å². The van der Waals surface area contributed by atoms with E-state index in [-0.39, 0.29) is 29.6 Å². The topological polar surface area (TPSA) is 61.3 Å². The Labute approximate surface area is 143 Å². The Balaban J connectivity index is 1.75. The van der Waals surface area contributed by atoms with E-state index in [9.17, 15) is 14.0 Å². The van der Waals surface area contributed by atoms with Gasteiger partial charge in [-0.25, -0.2) is 18.3 Å². The number of hydrogen-bond donors (Lipinski definition) is 0.